The third-order valence-electron chi connectivity index (χ3n) is 4.61. The van der Waals surface area contributed by atoms with Crippen molar-refractivity contribution in [2.75, 3.05) is 0 Å². The fourth-order valence-electron chi connectivity index (χ4n) is 3.63. The highest BCUT2D eigenvalue weighted by Gasteiger charge is 2.46. The zero-order valence-electron chi connectivity index (χ0n) is 9.68. The summed E-state index contributed by atoms with van der Waals surface area (Å²) in [6.45, 7) is 6.99. The van der Waals surface area contributed by atoms with Gasteiger partial charge in [0.1, 0.15) is 5.78 Å². The Hall–Kier alpha value is -0.330. The molecule has 0 aromatic rings. The number of rotatable bonds is 0. The van der Waals surface area contributed by atoms with Gasteiger partial charge in [-0.1, -0.05) is 27.2 Å². The molecule has 80 valence electrons. The molecule has 0 bridgehead atoms. The summed E-state index contributed by atoms with van der Waals surface area (Å²) in [5, 5.41) is 0. The van der Waals surface area contributed by atoms with Gasteiger partial charge in [-0.05, 0) is 36.5 Å². The lowest BCUT2D eigenvalue weighted by Crippen LogP contribution is -2.45. The van der Waals surface area contributed by atoms with E-state index in [0.717, 1.165) is 12.8 Å². The van der Waals surface area contributed by atoms with Gasteiger partial charge in [0.15, 0.2) is 0 Å². The van der Waals surface area contributed by atoms with Crippen LogP contribution >= 0.6 is 0 Å². The van der Waals surface area contributed by atoms with Crippen molar-refractivity contribution in [2.45, 2.75) is 52.9 Å². The second-order valence-corrected chi connectivity index (χ2v) is 6.00. The molecule has 0 saturated heterocycles. The maximum atomic E-state index is 11.9. The quantitative estimate of drug-likeness (QED) is 0.577. The first kappa shape index (κ1) is 10.2. The lowest BCUT2D eigenvalue weighted by molar-refractivity contribution is -0.136. The zero-order valence-corrected chi connectivity index (χ0v) is 9.68. The predicted octanol–water partition coefficient (Wildman–Crippen LogP) is 3.43. The summed E-state index contributed by atoms with van der Waals surface area (Å²) in [7, 11) is 0. The summed E-state index contributed by atoms with van der Waals surface area (Å²) in [5.74, 6) is 2.27. The van der Waals surface area contributed by atoms with Crippen molar-refractivity contribution in [3.63, 3.8) is 0 Å². The van der Waals surface area contributed by atoms with E-state index in [1.165, 1.54) is 19.3 Å². The van der Waals surface area contributed by atoms with Crippen molar-refractivity contribution in [2.24, 2.45) is 23.2 Å². The molecule has 2 rings (SSSR count). The molecule has 0 aromatic carbocycles. The highest BCUT2D eigenvalue weighted by molar-refractivity contribution is 5.82. The van der Waals surface area contributed by atoms with Gasteiger partial charge < -0.3 is 0 Å². The number of fused-ring (bicyclic) bond motifs is 1. The van der Waals surface area contributed by atoms with Crippen LogP contribution in [0.25, 0.3) is 0 Å². The molecule has 0 radical (unpaired) electrons. The first-order chi connectivity index (χ1) is 6.52. The molecule has 14 heavy (non-hydrogen) atoms. The topological polar surface area (TPSA) is 17.1 Å². The van der Waals surface area contributed by atoms with E-state index >= 15 is 0 Å². The molecule has 1 heteroatoms. The fourth-order valence-corrected chi connectivity index (χ4v) is 3.63. The first-order valence-corrected chi connectivity index (χ1v) is 6.05. The van der Waals surface area contributed by atoms with Gasteiger partial charge in [-0.3, -0.25) is 4.79 Å². The molecule has 0 spiro atoms. The molecule has 2 fully saturated rings. The van der Waals surface area contributed by atoms with Crippen LogP contribution in [0.15, 0.2) is 0 Å². The van der Waals surface area contributed by atoms with Gasteiger partial charge >= 0.3 is 0 Å². The summed E-state index contributed by atoms with van der Waals surface area (Å²) in [6, 6.07) is 0. The zero-order chi connectivity index (χ0) is 10.3. The van der Waals surface area contributed by atoms with E-state index in [-0.39, 0.29) is 0 Å². The van der Waals surface area contributed by atoms with Crippen LogP contribution in [0, 0.1) is 23.2 Å². The van der Waals surface area contributed by atoms with Crippen LogP contribution in [0.2, 0.25) is 0 Å². The maximum Gasteiger partial charge on any atom is 0.136 e. The van der Waals surface area contributed by atoms with Gasteiger partial charge in [0.25, 0.3) is 0 Å². The lowest BCUT2D eigenvalue weighted by atomic mass is 9.56. The van der Waals surface area contributed by atoms with E-state index in [4.69, 9.17) is 0 Å². The van der Waals surface area contributed by atoms with E-state index in [1.807, 2.05) is 0 Å². The smallest absolute Gasteiger partial charge is 0.136 e. The van der Waals surface area contributed by atoms with Crippen molar-refractivity contribution in [1.29, 1.82) is 0 Å². The fraction of sp³-hybridized carbons (Fsp3) is 0.923. The summed E-state index contributed by atoms with van der Waals surface area (Å²) in [5.41, 5.74) is 0.410. The van der Waals surface area contributed by atoms with E-state index in [1.54, 1.807) is 0 Å². The standard InChI is InChI=1S/C13H22O/c1-9-5-4-6-10-12(9)11(14)7-8-13(10,2)3/h9-10,12H,4-8H2,1-3H3/t9-,10+,12+/m1/s1. The maximum absolute atomic E-state index is 11.9. The SMILES string of the molecule is C[C@@H]1CCC[C@H]2[C@H]1C(=O)CCC2(C)C. The third kappa shape index (κ3) is 1.51. The minimum Gasteiger partial charge on any atom is -0.299 e. The molecule has 0 aromatic heterocycles. The van der Waals surface area contributed by atoms with Crippen molar-refractivity contribution < 1.29 is 4.79 Å². The number of ketones is 1. The third-order valence-corrected chi connectivity index (χ3v) is 4.61. The molecule has 0 aliphatic heterocycles. The molecule has 3 atom stereocenters. The van der Waals surface area contributed by atoms with Gasteiger partial charge in [-0.2, -0.15) is 0 Å². The van der Waals surface area contributed by atoms with Crippen LogP contribution in [0.4, 0.5) is 0 Å². The minimum atomic E-state index is 0.396. The Morgan fingerprint density at radius 2 is 2.00 bits per heavy atom. The van der Waals surface area contributed by atoms with Gasteiger partial charge in [0, 0.05) is 12.3 Å². The lowest BCUT2D eigenvalue weighted by Gasteiger charge is -2.48. The predicted molar refractivity (Wildman–Crippen MR) is 58.0 cm³/mol. The molecule has 0 amide bonds. The van der Waals surface area contributed by atoms with Crippen LogP contribution in [-0.2, 0) is 4.79 Å². The Kier molecular flexibility index (Phi) is 2.45. The minimum absolute atomic E-state index is 0.396. The Balaban J connectivity index is 2.25. The summed E-state index contributed by atoms with van der Waals surface area (Å²) >= 11 is 0. The Bertz CT molecular complexity index is 242. The summed E-state index contributed by atoms with van der Waals surface area (Å²) in [4.78, 5) is 11.9. The highest BCUT2D eigenvalue weighted by atomic mass is 16.1. The van der Waals surface area contributed by atoms with Crippen LogP contribution in [0.3, 0.4) is 0 Å². The second-order valence-electron chi connectivity index (χ2n) is 6.00. The number of hydrogen-bond donors (Lipinski definition) is 0. The molecule has 2 saturated carbocycles. The van der Waals surface area contributed by atoms with E-state index in [0.29, 0.717) is 29.0 Å². The van der Waals surface area contributed by atoms with Crippen LogP contribution in [0.5, 0.6) is 0 Å². The Labute approximate surface area is 87.3 Å². The van der Waals surface area contributed by atoms with Crippen LogP contribution in [-0.4, -0.2) is 5.78 Å². The second kappa shape index (κ2) is 3.36. The van der Waals surface area contributed by atoms with Gasteiger partial charge in [0.2, 0.25) is 0 Å². The molecule has 2 aliphatic rings. The first-order valence-electron chi connectivity index (χ1n) is 6.05. The number of carbonyl (C=O) groups excluding carboxylic acids is 1. The molecule has 0 unspecified atom stereocenters. The van der Waals surface area contributed by atoms with Crippen LogP contribution in [0.1, 0.15) is 52.9 Å². The van der Waals surface area contributed by atoms with E-state index in [2.05, 4.69) is 20.8 Å². The van der Waals surface area contributed by atoms with Gasteiger partial charge in [0.05, 0.1) is 0 Å². The van der Waals surface area contributed by atoms with Crippen molar-refractivity contribution in [1.82, 2.24) is 0 Å². The van der Waals surface area contributed by atoms with Gasteiger partial charge in [-0.15, -0.1) is 0 Å². The summed E-state index contributed by atoms with van der Waals surface area (Å²) < 4.78 is 0. The van der Waals surface area contributed by atoms with Crippen molar-refractivity contribution in [3.8, 4) is 0 Å². The molecule has 0 heterocycles. The average Bonchev–Trinajstić information content (AvgIpc) is 2.12. The van der Waals surface area contributed by atoms with Gasteiger partial charge in [-0.25, -0.2) is 0 Å². The molecular weight excluding hydrogens is 172 g/mol. The van der Waals surface area contributed by atoms with E-state index < -0.39 is 0 Å². The molecular formula is C13H22O. The summed E-state index contributed by atoms with van der Waals surface area (Å²) in [6.07, 6.45) is 5.83. The largest absolute Gasteiger partial charge is 0.299 e. The monoisotopic (exact) mass is 194 g/mol. The highest BCUT2D eigenvalue weighted by Crippen LogP contribution is 2.50. The Morgan fingerprint density at radius 1 is 1.29 bits per heavy atom. The molecule has 2 aliphatic carbocycles. The van der Waals surface area contributed by atoms with Crippen LogP contribution < -0.4 is 0 Å². The number of Topliss-reactive ketones (excluding diaryl/α,β-unsaturated/α-hetero) is 1. The van der Waals surface area contributed by atoms with Crippen molar-refractivity contribution in [3.05, 3.63) is 0 Å². The average molecular weight is 194 g/mol. The van der Waals surface area contributed by atoms with E-state index in [9.17, 15) is 4.79 Å². The van der Waals surface area contributed by atoms with Crippen molar-refractivity contribution >= 4 is 5.78 Å². The number of carbonyl (C=O) groups is 1. The number of hydrogen-bond acceptors (Lipinski definition) is 1. The normalized spacial score (nSPS) is 41.9. The molecule has 0 N–H and O–H groups in total. The Morgan fingerprint density at radius 3 is 2.64 bits per heavy atom. The molecule has 1 nitrogen and oxygen atoms in total.